The highest BCUT2D eigenvalue weighted by molar-refractivity contribution is 6.36. The predicted molar refractivity (Wildman–Crippen MR) is 95.0 cm³/mol. The summed E-state index contributed by atoms with van der Waals surface area (Å²) in [6.07, 6.45) is 0. The highest BCUT2D eigenvalue weighted by Crippen LogP contribution is 2.32. The number of fused-ring (bicyclic) bond motifs is 1. The number of carbonyl (C=O) groups is 1. The molecule has 0 unspecified atom stereocenters. The summed E-state index contributed by atoms with van der Waals surface area (Å²) >= 11 is 6.08. The van der Waals surface area contributed by atoms with E-state index in [4.69, 9.17) is 18.5 Å². The lowest BCUT2D eigenvalue weighted by atomic mass is 10.1. The minimum atomic E-state index is -3.24. The van der Waals surface area contributed by atoms with Gasteiger partial charge in [0, 0.05) is 19.0 Å². The molecule has 3 aromatic rings. The summed E-state index contributed by atoms with van der Waals surface area (Å²) in [5.74, 6) is -2.08. The molecule has 0 atom stereocenters. The number of para-hydroxylation sites is 1. The van der Waals surface area contributed by atoms with Gasteiger partial charge in [0.25, 0.3) is 11.5 Å². The molecule has 0 saturated carbocycles. The lowest BCUT2D eigenvalue weighted by Gasteiger charge is -2.21. The number of anilines is 1. The van der Waals surface area contributed by atoms with Crippen LogP contribution in [0.4, 0.5) is 5.69 Å². The van der Waals surface area contributed by atoms with Crippen molar-refractivity contribution in [2.45, 2.75) is 6.85 Å². The van der Waals surface area contributed by atoms with E-state index in [2.05, 4.69) is 4.98 Å². The van der Waals surface area contributed by atoms with E-state index in [9.17, 15) is 14.7 Å². The molecular weight excluding hydrogens is 328 g/mol. The van der Waals surface area contributed by atoms with Crippen LogP contribution >= 0.6 is 11.6 Å². The number of aromatic amines is 1. The van der Waals surface area contributed by atoms with Crippen LogP contribution in [0, 0.1) is 0 Å². The first-order valence-corrected chi connectivity index (χ1v) is 7.27. The second-order valence-corrected chi connectivity index (χ2v) is 5.34. The molecule has 2 aromatic carbocycles. The average molecular weight is 348 g/mol. The maximum atomic E-state index is 13.2. The van der Waals surface area contributed by atoms with Gasteiger partial charge in [-0.25, -0.2) is 0 Å². The molecule has 1 heterocycles. The van der Waals surface area contributed by atoms with Crippen molar-refractivity contribution in [2.24, 2.45) is 0 Å². The van der Waals surface area contributed by atoms with Crippen LogP contribution in [0.3, 0.4) is 0 Å². The fourth-order valence-electron chi connectivity index (χ4n) is 2.41. The molecule has 0 fully saturated rings. The van der Waals surface area contributed by atoms with Gasteiger partial charge in [0.15, 0.2) is 0 Å². The van der Waals surface area contributed by atoms with Gasteiger partial charge in [-0.05, 0) is 31.1 Å². The first kappa shape index (κ1) is 10.9. The summed E-state index contributed by atoms with van der Waals surface area (Å²) < 4.78 is 38.8. The van der Waals surface area contributed by atoms with E-state index in [1.165, 1.54) is 42.5 Å². The van der Waals surface area contributed by atoms with E-state index in [0.29, 0.717) is 4.90 Å². The number of rotatable bonds is 3. The summed E-state index contributed by atoms with van der Waals surface area (Å²) in [6, 6.07) is 11.6. The molecule has 5 nitrogen and oxygen atoms in total. The van der Waals surface area contributed by atoms with Gasteiger partial charge < -0.3 is 15.0 Å². The quantitative estimate of drug-likeness (QED) is 0.760. The van der Waals surface area contributed by atoms with E-state index in [1.54, 1.807) is 6.07 Å². The third-order valence-electron chi connectivity index (χ3n) is 3.51. The van der Waals surface area contributed by atoms with Crippen molar-refractivity contribution < 1.29 is 16.8 Å². The predicted octanol–water partition coefficient (Wildman–Crippen LogP) is 3.55. The van der Waals surface area contributed by atoms with E-state index in [1.807, 2.05) is 0 Å². The van der Waals surface area contributed by atoms with Crippen LogP contribution in [0.1, 0.15) is 24.1 Å². The number of nitrogens with zero attached hydrogens (tertiary/aromatic N) is 1. The zero-order valence-electron chi connectivity index (χ0n) is 17.2. The SMILES string of the molecule is [2H]C([2H])([2H])C([2H])([2H])N(C(=O)c1c(O)c2c(Cl)cccc2[nH]c1=O)c1ccccc1. The topological polar surface area (TPSA) is 73.4 Å². The van der Waals surface area contributed by atoms with E-state index in [0.717, 1.165) is 0 Å². The monoisotopic (exact) mass is 347 g/mol. The summed E-state index contributed by atoms with van der Waals surface area (Å²) in [5, 5.41) is 10.7. The Morgan fingerprint density at radius 3 is 2.75 bits per heavy atom. The first-order chi connectivity index (χ1) is 13.5. The normalized spacial score (nSPS) is 15.0. The molecule has 1 aromatic heterocycles. The average Bonchev–Trinajstić information content (AvgIpc) is 2.61. The molecular formula is C18H15ClN2O3. The van der Waals surface area contributed by atoms with Crippen molar-refractivity contribution in [1.82, 2.24) is 4.98 Å². The number of hydrogen-bond acceptors (Lipinski definition) is 3. The maximum Gasteiger partial charge on any atom is 0.267 e. The van der Waals surface area contributed by atoms with E-state index in [-0.39, 0.29) is 21.6 Å². The fourth-order valence-corrected chi connectivity index (χ4v) is 2.67. The van der Waals surface area contributed by atoms with E-state index < -0.39 is 36.1 Å². The van der Waals surface area contributed by atoms with Crippen LogP contribution in [0.5, 0.6) is 5.75 Å². The molecule has 0 radical (unpaired) electrons. The van der Waals surface area contributed by atoms with Gasteiger partial charge in [0.2, 0.25) is 0 Å². The van der Waals surface area contributed by atoms with Crippen molar-refractivity contribution in [3.63, 3.8) is 0 Å². The lowest BCUT2D eigenvalue weighted by Crippen LogP contribution is -2.34. The summed E-state index contributed by atoms with van der Waals surface area (Å²) in [4.78, 5) is 28.5. The van der Waals surface area contributed by atoms with Crippen molar-refractivity contribution in [3.05, 3.63) is 69.5 Å². The Labute approximate surface area is 150 Å². The molecule has 3 rings (SSSR count). The van der Waals surface area contributed by atoms with Gasteiger partial charge >= 0.3 is 0 Å². The number of aromatic nitrogens is 1. The summed E-state index contributed by atoms with van der Waals surface area (Å²) in [5.41, 5.74) is -1.76. The number of hydrogen-bond donors (Lipinski definition) is 2. The zero-order chi connectivity index (χ0) is 21.6. The Morgan fingerprint density at radius 1 is 1.29 bits per heavy atom. The second-order valence-electron chi connectivity index (χ2n) is 4.93. The number of nitrogens with one attached hydrogen (secondary N) is 1. The largest absolute Gasteiger partial charge is 0.506 e. The molecule has 1 amide bonds. The van der Waals surface area contributed by atoms with Gasteiger partial charge in [0.1, 0.15) is 11.3 Å². The van der Waals surface area contributed by atoms with Crippen LogP contribution in [-0.2, 0) is 0 Å². The zero-order valence-corrected chi connectivity index (χ0v) is 13.0. The smallest absolute Gasteiger partial charge is 0.267 e. The van der Waals surface area contributed by atoms with Gasteiger partial charge in [0.05, 0.1) is 15.9 Å². The first-order valence-electron chi connectivity index (χ1n) is 9.40. The van der Waals surface area contributed by atoms with Crippen molar-refractivity contribution in [3.8, 4) is 5.75 Å². The van der Waals surface area contributed by atoms with Gasteiger partial charge in [-0.1, -0.05) is 35.9 Å². The summed E-state index contributed by atoms with van der Waals surface area (Å²) in [6.45, 7) is -6.42. The standard InChI is InChI=1S/C18H15ClN2O3/c1-2-21(11-7-4-3-5-8-11)18(24)15-16(22)14-12(19)9-6-10-13(14)20-17(15)23/h3-10H,2H2,1H3,(H2,20,22,23)/i1D3,2D2. The number of amides is 1. The van der Waals surface area contributed by atoms with Crippen molar-refractivity contribution in [1.29, 1.82) is 0 Å². The number of carbonyl (C=O) groups excluding carboxylic acids is 1. The molecule has 0 spiro atoms. The number of aromatic hydroxyl groups is 1. The van der Waals surface area contributed by atoms with Crippen LogP contribution < -0.4 is 10.5 Å². The van der Waals surface area contributed by atoms with Crippen LogP contribution in [-0.4, -0.2) is 22.5 Å². The number of benzene rings is 2. The van der Waals surface area contributed by atoms with Gasteiger partial charge in [-0.2, -0.15) is 0 Å². The minimum absolute atomic E-state index is 0.0143. The van der Waals surface area contributed by atoms with Gasteiger partial charge in [-0.3, -0.25) is 9.59 Å². The highest BCUT2D eigenvalue weighted by atomic mass is 35.5. The Kier molecular flexibility index (Phi) is 2.89. The number of H-pyrrole nitrogens is 1. The fraction of sp³-hybridized carbons (Fsp3) is 0.111. The Morgan fingerprint density at radius 2 is 2.04 bits per heavy atom. The third-order valence-corrected chi connectivity index (χ3v) is 3.82. The summed E-state index contributed by atoms with van der Waals surface area (Å²) in [7, 11) is 0. The Hall–Kier alpha value is -2.79. The molecule has 2 N–H and O–H groups in total. The molecule has 0 bridgehead atoms. The van der Waals surface area contributed by atoms with Crippen molar-refractivity contribution in [2.75, 3.05) is 11.4 Å². The number of pyridine rings is 1. The second kappa shape index (κ2) is 6.37. The van der Waals surface area contributed by atoms with E-state index >= 15 is 0 Å². The van der Waals surface area contributed by atoms with Crippen LogP contribution in [0.25, 0.3) is 10.9 Å². The third kappa shape index (κ3) is 2.63. The van der Waals surface area contributed by atoms with Crippen molar-refractivity contribution >= 4 is 34.1 Å². The lowest BCUT2D eigenvalue weighted by molar-refractivity contribution is 0.0984. The molecule has 122 valence electrons. The molecule has 0 aliphatic rings. The molecule has 0 aliphatic carbocycles. The number of halogens is 1. The van der Waals surface area contributed by atoms with Crippen LogP contribution in [0.2, 0.25) is 5.02 Å². The molecule has 24 heavy (non-hydrogen) atoms. The molecule has 6 heteroatoms. The van der Waals surface area contributed by atoms with Gasteiger partial charge in [-0.15, -0.1) is 0 Å². The molecule has 0 saturated heterocycles. The Balaban J connectivity index is 2.30. The Bertz CT molecular complexity index is 1150. The maximum absolute atomic E-state index is 13.2. The van der Waals surface area contributed by atoms with Crippen LogP contribution in [0.15, 0.2) is 53.3 Å². The molecule has 0 aliphatic heterocycles. The highest BCUT2D eigenvalue weighted by Gasteiger charge is 2.25. The minimum Gasteiger partial charge on any atom is -0.506 e.